The van der Waals surface area contributed by atoms with Gasteiger partial charge in [-0.05, 0) is 6.42 Å². The van der Waals surface area contributed by atoms with E-state index in [1.807, 2.05) is 6.92 Å². The van der Waals surface area contributed by atoms with Crippen molar-refractivity contribution in [1.82, 2.24) is 5.32 Å². The Morgan fingerprint density at radius 3 is 2.44 bits per heavy atom. The second kappa shape index (κ2) is 4.32. The minimum Gasteiger partial charge on any atom is -0.362 e. The zero-order valence-electron chi connectivity index (χ0n) is 6.10. The molecule has 0 radical (unpaired) electrons. The zero-order valence-corrected chi connectivity index (χ0v) is 6.10. The van der Waals surface area contributed by atoms with Crippen molar-refractivity contribution in [1.29, 1.82) is 0 Å². The van der Waals surface area contributed by atoms with Crippen LogP contribution in [0.15, 0.2) is 0 Å². The minimum absolute atomic E-state index is 0.0521. The number of rotatable bonds is 3. The number of carbonyl (C=O) groups excluding carboxylic acids is 1. The fourth-order valence-corrected chi connectivity index (χ4v) is 0.554. The van der Waals surface area contributed by atoms with Gasteiger partial charge in [0.25, 0.3) is 0 Å². The molecule has 0 aromatic carbocycles. The van der Waals surface area contributed by atoms with Crippen molar-refractivity contribution in [2.75, 3.05) is 7.11 Å². The second-order valence-electron chi connectivity index (χ2n) is 1.83. The molecule has 3 nitrogen and oxygen atoms in total. The first-order valence-corrected chi connectivity index (χ1v) is 3.00. The lowest BCUT2D eigenvalue weighted by Crippen LogP contribution is -2.33. The van der Waals surface area contributed by atoms with Crippen molar-refractivity contribution < 1.29 is 9.53 Å². The summed E-state index contributed by atoms with van der Waals surface area (Å²) in [5.74, 6) is -0.0521. The molecule has 0 aromatic heterocycles. The van der Waals surface area contributed by atoms with Gasteiger partial charge in [-0.2, -0.15) is 0 Å². The Hall–Kier alpha value is -0.570. The Balaban J connectivity index is 3.43. The number of hydrogen-bond acceptors (Lipinski definition) is 2. The van der Waals surface area contributed by atoms with Crippen LogP contribution in [0.4, 0.5) is 0 Å². The molecule has 1 atom stereocenters. The molecular weight excluding hydrogens is 118 g/mol. The summed E-state index contributed by atoms with van der Waals surface area (Å²) in [5, 5.41) is 2.62. The third kappa shape index (κ3) is 3.97. The van der Waals surface area contributed by atoms with Gasteiger partial charge in [-0.25, -0.2) is 0 Å². The van der Waals surface area contributed by atoms with Gasteiger partial charge in [-0.15, -0.1) is 0 Å². The summed E-state index contributed by atoms with van der Waals surface area (Å²) < 4.78 is 4.88. The third-order valence-electron chi connectivity index (χ3n) is 1.02. The molecule has 3 heteroatoms. The van der Waals surface area contributed by atoms with Crippen LogP contribution < -0.4 is 5.32 Å². The van der Waals surface area contributed by atoms with Crippen LogP contribution in [0.5, 0.6) is 0 Å². The Kier molecular flexibility index (Phi) is 4.05. The van der Waals surface area contributed by atoms with E-state index >= 15 is 0 Å². The van der Waals surface area contributed by atoms with E-state index in [-0.39, 0.29) is 12.1 Å². The van der Waals surface area contributed by atoms with Gasteiger partial charge in [0.2, 0.25) is 5.91 Å². The van der Waals surface area contributed by atoms with Gasteiger partial charge in [-0.1, -0.05) is 6.92 Å². The monoisotopic (exact) mass is 131 g/mol. The van der Waals surface area contributed by atoms with Crippen molar-refractivity contribution in [3.8, 4) is 0 Å². The average molecular weight is 131 g/mol. The highest BCUT2D eigenvalue weighted by Gasteiger charge is 2.02. The Bertz CT molecular complexity index is 89.1. The molecule has 0 aliphatic carbocycles. The molecule has 0 rings (SSSR count). The molecule has 0 saturated carbocycles. The minimum atomic E-state index is -0.123. The van der Waals surface area contributed by atoms with Gasteiger partial charge in [-0.3, -0.25) is 4.79 Å². The summed E-state index contributed by atoms with van der Waals surface area (Å²) in [6.07, 6.45) is 0.679. The van der Waals surface area contributed by atoms with Crippen molar-refractivity contribution in [3.63, 3.8) is 0 Å². The van der Waals surface area contributed by atoms with Gasteiger partial charge in [0.15, 0.2) is 0 Å². The predicted octanol–water partition coefficient (Wildman–Crippen LogP) is 0.505. The highest BCUT2D eigenvalue weighted by atomic mass is 16.5. The van der Waals surface area contributed by atoms with Crippen LogP contribution in [0.3, 0.4) is 0 Å². The summed E-state index contributed by atoms with van der Waals surface area (Å²) in [5.41, 5.74) is 0. The maximum absolute atomic E-state index is 10.4. The molecule has 0 bridgehead atoms. The fourth-order valence-electron chi connectivity index (χ4n) is 0.554. The number of amides is 1. The van der Waals surface area contributed by atoms with Gasteiger partial charge in [0.1, 0.15) is 6.23 Å². The van der Waals surface area contributed by atoms with E-state index in [9.17, 15) is 4.79 Å². The van der Waals surface area contributed by atoms with E-state index in [1.54, 1.807) is 7.11 Å². The lowest BCUT2D eigenvalue weighted by atomic mass is 10.4. The van der Waals surface area contributed by atoms with Gasteiger partial charge in [0, 0.05) is 14.0 Å². The third-order valence-corrected chi connectivity index (χ3v) is 1.02. The number of nitrogens with one attached hydrogen (secondary N) is 1. The average Bonchev–Trinajstić information content (AvgIpc) is 1.82. The largest absolute Gasteiger partial charge is 0.362 e. The first-order valence-electron chi connectivity index (χ1n) is 3.00. The van der Waals surface area contributed by atoms with E-state index in [0.29, 0.717) is 0 Å². The summed E-state index contributed by atoms with van der Waals surface area (Å²) in [4.78, 5) is 10.4. The van der Waals surface area contributed by atoms with E-state index in [2.05, 4.69) is 5.32 Å². The van der Waals surface area contributed by atoms with Crippen LogP contribution in [0, 0.1) is 0 Å². The lowest BCUT2D eigenvalue weighted by molar-refractivity contribution is -0.122. The highest BCUT2D eigenvalue weighted by molar-refractivity contribution is 5.72. The molecule has 0 heterocycles. The zero-order chi connectivity index (χ0) is 7.28. The molecule has 0 aliphatic heterocycles. The number of hydrogen-bond donors (Lipinski definition) is 1. The molecule has 0 saturated heterocycles. The molecule has 9 heavy (non-hydrogen) atoms. The van der Waals surface area contributed by atoms with Crippen LogP contribution in [0.1, 0.15) is 20.3 Å². The summed E-state index contributed by atoms with van der Waals surface area (Å²) in [7, 11) is 1.57. The van der Waals surface area contributed by atoms with Crippen molar-refractivity contribution in [2.45, 2.75) is 26.5 Å². The number of methoxy groups -OCH3 is 1. The maximum Gasteiger partial charge on any atom is 0.218 e. The van der Waals surface area contributed by atoms with Crippen LogP contribution in [-0.4, -0.2) is 19.2 Å². The molecule has 0 fully saturated rings. The lowest BCUT2D eigenvalue weighted by Gasteiger charge is -2.12. The SMILES string of the molecule is CCC(NC(C)=O)OC. The Morgan fingerprint density at radius 2 is 2.33 bits per heavy atom. The Morgan fingerprint density at radius 1 is 1.78 bits per heavy atom. The molecule has 0 spiro atoms. The molecule has 0 aliphatic rings. The second-order valence-corrected chi connectivity index (χ2v) is 1.83. The summed E-state index contributed by atoms with van der Waals surface area (Å²) >= 11 is 0. The van der Waals surface area contributed by atoms with Crippen molar-refractivity contribution >= 4 is 5.91 Å². The normalized spacial score (nSPS) is 12.8. The fraction of sp³-hybridized carbons (Fsp3) is 0.833. The van der Waals surface area contributed by atoms with Crippen molar-refractivity contribution in [3.05, 3.63) is 0 Å². The molecule has 54 valence electrons. The maximum atomic E-state index is 10.4. The van der Waals surface area contributed by atoms with E-state index in [0.717, 1.165) is 6.42 Å². The van der Waals surface area contributed by atoms with Crippen LogP contribution in [0.25, 0.3) is 0 Å². The molecule has 1 unspecified atom stereocenters. The molecule has 1 amide bonds. The van der Waals surface area contributed by atoms with E-state index < -0.39 is 0 Å². The van der Waals surface area contributed by atoms with Crippen LogP contribution >= 0.6 is 0 Å². The summed E-state index contributed by atoms with van der Waals surface area (Å²) in [6, 6.07) is 0. The topological polar surface area (TPSA) is 38.3 Å². The van der Waals surface area contributed by atoms with Crippen molar-refractivity contribution in [2.24, 2.45) is 0 Å². The van der Waals surface area contributed by atoms with E-state index in [1.165, 1.54) is 6.92 Å². The number of ether oxygens (including phenoxy) is 1. The van der Waals surface area contributed by atoms with Gasteiger partial charge >= 0.3 is 0 Å². The standard InChI is InChI=1S/C6H13NO2/c1-4-6(9-3)7-5(2)8/h6H,4H2,1-3H3,(H,7,8). The van der Waals surface area contributed by atoms with Crippen LogP contribution in [-0.2, 0) is 9.53 Å². The van der Waals surface area contributed by atoms with E-state index in [4.69, 9.17) is 4.74 Å². The first kappa shape index (κ1) is 8.43. The van der Waals surface area contributed by atoms with Crippen LogP contribution in [0.2, 0.25) is 0 Å². The molecular formula is C6H13NO2. The van der Waals surface area contributed by atoms with Gasteiger partial charge in [0.05, 0.1) is 0 Å². The highest BCUT2D eigenvalue weighted by Crippen LogP contribution is 1.88. The molecule has 0 aromatic rings. The quantitative estimate of drug-likeness (QED) is 0.566. The summed E-state index contributed by atoms with van der Waals surface area (Å²) in [6.45, 7) is 3.42. The predicted molar refractivity (Wildman–Crippen MR) is 34.9 cm³/mol. The van der Waals surface area contributed by atoms with Gasteiger partial charge < -0.3 is 10.1 Å². The smallest absolute Gasteiger partial charge is 0.218 e. The molecule has 1 N–H and O–H groups in total. The number of carbonyl (C=O) groups is 1. The first-order chi connectivity index (χ1) is 4.20. The Labute approximate surface area is 55.4 Å².